The molecule has 1 aliphatic carbocycles. The number of nitrogens with one attached hydrogen (secondary N) is 1. The molecular weight excluding hydrogens is 625 g/mol. The summed E-state index contributed by atoms with van der Waals surface area (Å²) in [6, 6.07) is 16.7. The number of ether oxygens (including phenoxy) is 2. The highest BCUT2D eigenvalue weighted by atomic mass is 35.5. The largest absolute Gasteiger partial charge is 0.493 e. The van der Waals surface area contributed by atoms with E-state index in [1.807, 2.05) is 0 Å². The molecule has 0 spiro atoms. The van der Waals surface area contributed by atoms with E-state index in [4.69, 9.17) is 32.7 Å². The van der Waals surface area contributed by atoms with Crippen molar-refractivity contribution in [2.24, 2.45) is 0 Å². The van der Waals surface area contributed by atoms with E-state index in [1.54, 1.807) is 55.5 Å². The number of carbonyl (C=O) groups excluding carboxylic acids is 2. The Bertz CT molecular complexity index is 1570. The van der Waals surface area contributed by atoms with Crippen LogP contribution in [0.5, 0.6) is 11.5 Å². The van der Waals surface area contributed by atoms with E-state index in [1.165, 1.54) is 37.3 Å². The number of methoxy groups -OCH3 is 2. The number of rotatable bonds is 12. The summed E-state index contributed by atoms with van der Waals surface area (Å²) in [5.41, 5.74) is 0.920. The van der Waals surface area contributed by atoms with Gasteiger partial charge in [0.2, 0.25) is 11.8 Å². The van der Waals surface area contributed by atoms with Crippen molar-refractivity contribution in [1.29, 1.82) is 0 Å². The average Bonchev–Trinajstić information content (AvgIpc) is 3.04. The molecule has 12 heteroatoms. The highest BCUT2D eigenvalue weighted by Gasteiger charge is 2.33. The van der Waals surface area contributed by atoms with Gasteiger partial charge < -0.3 is 19.7 Å². The SMILES string of the molecule is COc1ccc(S(=O)(=O)N(CC(=O)N(Cc2ccc(Cl)c(Cl)c2)[C@@H](C)C(=O)NC2CCCCC2)c2ccccc2)cc1OC. The summed E-state index contributed by atoms with van der Waals surface area (Å²) in [7, 11) is -1.42. The predicted octanol–water partition coefficient (Wildman–Crippen LogP) is 6.07. The Morgan fingerprint density at radius 2 is 1.59 bits per heavy atom. The second kappa shape index (κ2) is 15.0. The van der Waals surface area contributed by atoms with Crippen molar-refractivity contribution >= 4 is 50.7 Å². The summed E-state index contributed by atoms with van der Waals surface area (Å²) in [5.74, 6) is -0.295. The third kappa shape index (κ3) is 7.97. The van der Waals surface area contributed by atoms with Gasteiger partial charge in [-0.05, 0) is 61.7 Å². The van der Waals surface area contributed by atoms with Gasteiger partial charge in [0.05, 0.1) is 34.8 Å². The van der Waals surface area contributed by atoms with Crippen LogP contribution in [-0.4, -0.2) is 58.0 Å². The number of carbonyl (C=O) groups is 2. The zero-order chi connectivity index (χ0) is 31.9. The predicted molar refractivity (Wildman–Crippen MR) is 172 cm³/mol. The lowest BCUT2D eigenvalue weighted by Gasteiger charge is -2.33. The maximum atomic E-state index is 14.2. The Morgan fingerprint density at radius 3 is 2.23 bits per heavy atom. The van der Waals surface area contributed by atoms with Gasteiger partial charge in [0.25, 0.3) is 10.0 Å². The van der Waals surface area contributed by atoms with Gasteiger partial charge in [-0.3, -0.25) is 13.9 Å². The Kier molecular flexibility index (Phi) is 11.4. The van der Waals surface area contributed by atoms with E-state index < -0.39 is 28.5 Å². The summed E-state index contributed by atoms with van der Waals surface area (Å²) in [6.07, 6.45) is 4.96. The number of nitrogens with zero attached hydrogens (tertiary/aromatic N) is 2. The monoisotopic (exact) mass is 661 g/mol. The molecule has 1 fully saturated rings. The van der Waals surface area contributed by atoms with Crippen LogP contribution in [0, 0.1) is 0 Å². The molecule has 2 amide bonds. The fraction of sp³-hybridized carbons (Fsp3) is 0.375. The molecule has 1 saturated carbocycles. The quantitative estimate of drug-likeness (QED) is 0.253. The molecule has 236 valence electrons. The van der Waals surface area contributed by atoms with Gasteiger partial charge in [0.1, 0.15) is 12.6 Å². The van der Waals surface area contributed by atoms with Gasteiger partial charge in [-0.25, -0.2) is 8.42 Å². The lowest BCUT2D eigenvalue weighted by Crippen LogP contribution is -2.53. The molecule has 0 saturated heterocycles. The van der Waals surface area contributed by atoms with E-state index in [9.17, 15) is 18.0 Å². The van der Waals surface area contributed by atoms with Gasteiger partial charge in [-0.15, -0.1) is 0 Å². The minimum Gasteiger partial charge on any atom is -0.493 e. The Morgan fingerprint density at radius 1 is 0.909 bits per heavy atom. The van der Waals surface area contributed by atoms with Crippen molar-refractivity contribution in [1.82, 2.24) is 10.2 Å². The number of hydrogen-bond acceptors (Lipinski definition) is 6. The first kappa shape index (κ1) is 33.4. The third-order valence-electron chi connectivity index (χ3n) is 7.72. The third-order valence-corrected chi connectivity index (χ3v) is 10.2. The zero-order valence-corrected chi connectivity index (χ0v) is 27.3. The van der Waals surface area contributed by atoms with Gasteiger partial charge >= 0.3 is 0 Å². The van der Waals surface area contributed by atoms with Crippen LogP contribution in [0.1, 0.15) is 44.6 Å². The summed E-state index contributed by atoms with van der Waals surface area (Å²) in [4.78, 5) is 28.9. The van der Waals surface area contributed by atoms with Crippen LogP contribution in [0.15, 0.2) is 71.6 Å². The van der Waals surface area contributed by atoms with Crippen molar-refractivity contribution in [3.05, 3.63) is 82.3 Å². The molecule has 1 atom stereocenters. The van der Waals surface area contributed by atoms with Crippen LogP contribution < -0.4 is 19.1 Å². The molecular formula is C32H37Cl2N3O6S. The van der Waals surface area contributed by atoms with E-state index in [0.717, 1.165) is 36.4 Å². The first-order valence-electron chi connectivity index (χ1n) is 14.4. The molecule has 9 nitrogen and oxygen atoms in total. The molecule has 3 aromatic carbocycles. The first-order valence-corrected chi connectivity index (χ1v) is 16.6. The number of halogens is 2. The minimum atomic E-state index is -4.28. The van der Waals surface area contributed by atoms with E-state index in [0.29, 0.717) is 21.4 Å². The molecule has 0 aliphatic heterocycles. The van der Waals surface area contributed by atoms with E-state index >= 15 is 0 Å². The molecule has 0 aromatic heterocycles. The molecule has 0 unspecified atom stereocenters. The molecule has 0 radical (unpaired) electrons. The molecule has 3 aromatic rings. The van der Waals surface area contributed by atoms with Gasteiger partial charge in [0, 0.05) is 18.7 Å². The zero-order valence-electron chi connectivity index (χ0n) is 25.0. The second-order valence-corrected chi connectivity index (χ2v) is 13.3. The van der Waals surface area contributed by atoms with Crippen LogP contribution in [-0.2, 0) is 26.2 Å². The summed E-state index contributed by atoms with van der Waals surface area (Å²) < 4.78 is 39.9. The van der Waals surface area contributed by atoms with Crippen LogP contribution in [0.25, 0.3) is 0 Å². The Hall–Kier alpha value is -3.47. The van der Waals surface area contributed by atoms with Gasteiger partial charge in [0.15, 0.2) is 11.5 Å². The van der Waals surface area contributed by atoms with Crippen LogP contribution >= 0.6 is 23.2 Å². The minimum absolute atomic E-state index is 0.00795. The summed E-state index contributed by atoms with van der Waals surface area (Å²) in [6.45, 7) is 1.08. The normalized spacial score (nSPS) is 14.4. The number of anilines is 1. The van der Waals surface area contributed by atoms with Crippen LogP contribution in [0.4, 0.5) is 5.69 Å². The van der Waals surface area contributed by atoms with Crippen molar-refractivity contribution in [3.8, 4) is 11.5 Å². The number of para-hydroxylation sites is 1. The van der Waals surface area contributed by atoms with Crippen molar-refractivity contribution in [3.63, 3.8) is 0 Å². The first-order chi connectivity index (χ1) is 21.0. The molecule has 1 N–H and O–H groups in total. The topological polar surface area (TPSA) is 105 Å². The number of benzene rings is 3. The smallest absolute Gasteiger partial charge is 0.264 e. The Balaban J connectivity index is 1.70. The van der Waals surface area contributed by atoms with Gasteiger partial charge in [-0.2, -0.15) is 0 Å². The van der Waals surface area contributed by atoms with Crippen molar-refractivity contribution in [2.45, 2.75) is 62.6 Å². The molecule has 1 aliphatic rings. The Labute approximate surface area is 269 Å². The standard InChI is InChI=1S/C32H37Cl2N3O6S/c1-22(32(39)35-24-10-6-4-7-11-24)36(20-23-14-16-27(33)28(34)18-23)31(38)21-37(25-12-8-5-9-13-25)44(40,41)26-15-17-29(42-2)30(19-26)43-3/h5,8-9,12-19,22,24H,4,6-7,10-11,20-21H2,1-3H3,(H,35,39)/t22-/m0/s1. The maximum Gasteiger partial charge on any atom is 0.264 e. The fourth-order valence-electron chi connectivity index (χ4n) is 5.21. The van der Waals surface area contributed by atoms with Crippen LogP contribution in [0.2, 0.25) is 10.0 Å². The van der Waals surface area contributed by atoms with Gasteiger partial charge in [-0.1, -0.05) is 66.7 Å². The van der Waals surface area contributed by atoms with Crippen molar-refractivity contribution in [2.75, 3.05) is 25.1 Å². The highest BCUT2D eigenvalue weighted by molar-refractivity contribution is 7.92. The van der Waals surface area contributed by atoms with E-state index in [-0.39, 0.29) is 34.8 Å². The molecule has 4 rings (SSSR count). The number of amides is 2. The fourth-order valence-corrected chi connectivity index (χ4v) is 6.96. The average molecular weight is 663 g/mol. The number of hydrogen-bond donors (Lipinski definition) is 1. The lowest BCUT2D eigenvalue weighted by molar-refractivity contribution is -0.139. The van der Waals surface area contributed by atoms with Crippen LogP contribution in [0.3, 0.4) is 0 Å². The molecule has 0 bridgehead atoms. The molecule has 44 heavy (non-hydrogen) atoms. The second-order valence-electron chi connectivity index (χ2n) is 10.7. The maximum absolute atomic E-state index is 14.2. The number of sulfonamides is 1. The van der Waals surface area contributed by atoms with E-state index in [2.05, 4.69) is 5.32 Å². The molecule has 0 heterocycles. The van der Waals surface area contributed by atoms with Crippen molar-refractivity contribution < 1.29 is 27.5 Å². The lowest BCUT2D eigenvalue weighted by atomic mass is 9.95. The summed E-state index contributed by atoms with van der Waals surface area (Å²) >= 11 is 12.4. The summed E-state index contributed by atoms with van der Waals surface area (Å²) in [5, 5.41) is 3.75. The highest BCUT2D eigenvalue weighted by Crippen LogP contribution is 2.32.